The van der Waals surface area contributed by atoms with E-state index in [1.165, 1.54) is 11.8 Å². The monoisotopic (exact) mass is 132 g/mol. The number of hydrogen-bond acceptors (Lipinski definition) is 2. The maximum atomic E-state index is 10.4. The van der Waals surface area contributed by atoms with Crippen molar-refractivity contribution in [2.45, 2.75) is 13.8 Å². The van der Waals surface area contributed by atoms with Crippen LogP contribution in [0.2, 0.25) is 0 Å². The summed E-state index contributed by atoms with van der Waals surface area (Å²) in [7, 11) is 0. The smallest absolute Gasteiger partial charge is 0.260 e. The van der Waals surface area contributed by atoms with E-state index in [0.717, 1.165) is 5.75 Å². The topological polar surface area (TPSA) is 31.2 Å². The van der Waals surface area contributed by atoms with Crippen LogP contribution in [0.1, 0.15) is 13.8 Å². The summed E-state index contributed by atoms with van der Waals surface area (Å²) in [4.78, 5) is 10.4. The number of nitrogens with zero attached hydrogens (tertiary/aromatic N) is 1. The van der Waals surface area contributed by atoms with Crippen LogP contribution >= 0.6 is 11.8 Å². The number of amides is 1. The Balaban J connectivity index is 3.06. The van der Waals surface area contributed by atoms with Crippen LogP contribution < -0.4 is 5.32 Å². The molecule has 0 saturated heterocycles. The summed E-state index contributed by atoms with van der Waals surface area (Å²) >= 11 is 1.25. The van der Waals surface area contributed by atoms with E-state index in [0.29, 0.717) is 6.54 Å². The molecule has 0 aromatic rings. The van der Waals surface area contributed by atoms with E-state index in [1.807, 2.05) is 13.8 Å². The molecule has 0 N–H and O–H groups in total. The van der Waals surface area contributed by atoms with Gasteiger partial charge in [0.15, 0.2) is 0 Å². The van der Waals surface area contributed by atoms with E-state index in [9.17, 15) is 4.79 Å². The molecule has 0 bridgehead atoms. The number of thioether (sulfide) groups is 1. The van der Waals surface area contributed by atoms with Gasteiger partial charge in [-0.1, -0.05) is 18.7 Å². The summed E-state index contributed by atoms with van der Waals surface area (Å²) in [5.74, 6) is 0.822. The Hall–Kier alpha value is -0.180. The summed E-state index contributed by atoms with van der Waals surface area (Å²) < 4.78 is 0. The molecule has 0 aliphatic rings. The van der Waals surface area contributed by atoms with Gasteiger partial charge in [-0.25, -0.2) is 5.32 Å². The summed E-state index contributed by atoms with van der Waals surface area (Å²) in [5, 5.41) is 3.59. The van der Waals surface area contributed by atoms with Gasteiger partial charge in [-0.2, -0.15) is 0 Å². The molecule has 0 fully saturated rings. The summed E-state index contributed by atoms with van der Waals surface area (Å²) in [6.07, 6.45) is 0. The normalized spacial score (nSPS) is 8.75. The lowest BCUT2D eigenvalue weighted by Gasteiger charge is -1.92. The first-order valence-electron chi connectivity index (χ1n) is 2.65. The minimum absolute atomic E-state index is 0.0463. The number of rotatable bonds is 2. The molecule has 1 amide bonds. The van der Waals surface area contributed by atoms with Crippen molar-refractivity contribution in [3.05, 3.63) is 0 Å². The van der Waals surface area contributed by atoms with Crippen LogP contribution in [0.3, 0.4) is 0 Å². The zero-order valence-electron chi connectivity index (χ0n) is 5.18. The first kappa shape index (κ1) is 7.82. The van der Waals surface area contributed by atoms with Crippen molar-refractivity contribution in [2.24, 2.45) is 0 Å². The number of hydrogen-bond donors (Lipinski definition) is 0. The van der Waals surface area contributed by atoms with Gasteiger partial charge in [-0.3, -0.25) is 4.79 Å². The van der Waals surface area contributed by atoms with Crippen molar-refractivity contribution in [3.63, 3.8) is 0 Å². The van der Waals surface area contributed by atoms with Crippen LogP contribution in [0.15, 0.2) is 0 Å². The van der Waals surface area contributed by atoms with Crippen LogP contribution in [-0.2, 0) is 0 Å². The zero-order valence-corrected chi connectivity index (χ0v) is 5.99. The van der Waals surface area contributed by atoms with Crippen LogP contribution in [0.5, 0.6) is 0 Å². The molecular weight excluding hydrogens is 122 g/mol. The SMILES string of the molecule is CC[N]C(=O)SCC. The molecule has 0 saturated carbocycles. The highest BCUT2D eigenvalue weighted by Gasteiger charge is 1.96. The summed E-state index contributed by atoms with van der Waals surface area (Å²) in [6.45, 7) is 4.40. The molecule has 0 heterocycles. The maximum Gasteiger partial charge on any atom is 0.300 e. The lowest BCUT2D eigenvalue weighted by molar-refractivity contribution is 0.260. The highest BCUT2D eigenvalue weighted by Crippen LogP contribution is 1.98. The predicted octanol–water partition coefficient (Wildman–Crippen LogP) is 1.48. The van der Waals surface area contributed by atoms with Crippen molar-refractivity contribution in [1.82, 2.24) is 5.32 Å². The Bertz CT molecular complexity index is 66.8. The van der Waals surface area contributed by atoms with Crippen molar-refractivity contribution in [3.8, 4) is 0 Å². The summed E-state index contributed by atoms with van der Waals surface area (Å²) in [6, 6.07) is 0. The Morgan fingerprint density at radius 1 is 1.62 bits per heavy atom. The van der Waals surface area contributed by atoms with Gasteiger partial charge in [0.25, 0.3) is 5.24 Å². The Kier molecular flexibility index (Phi) is 4.85. The molecule has 0 atom stereocenters. The molecule has 0 aliphatic carbocycles. The lowest BCUT2D eigenvalue weighted by Crippen LogP contribution is -2.08. The average molecular weight is 132 g/mol. The van der Waals surface area contributed by atoms with Gasteiger partial charge in [-0.15, -0.1) is 0 Å². The molecule has 0 aliphatic heterocycles. The molecule has 8 heavy (non-hydrogen) atoms. The third-order valence-electron chi connectivity index (χ3n) is 0.555. The minimum Gasteiger partial charge on any atom is -0.260 e. The van der Waals surface area contributed by atoms with E-state index >= 15 is 0 Å². The third kappa shape index (κ3) is 3.99. The van der Waals surface area contributed by atoms with Crippen LogP contribution in [-0.4, -0.2) is 17.5 Å². The molecule has 0 spiro atoms. The second kappa shape index (κ2) is 4.97. The molecular formula is C5H10NOS. The molecule has 0 unspecified atom stereocenters. The van der Waals surface area contributed by atoms with E-state index in [2.05, 4.69) is 5.32 Å². The van der Waals surface area contributed by atoms with Gasteiger partial charge in [0.05, 0.1) is 0 Å². The molecule has 1 radical (unpaired) electrons. The largest absolute Gasteiger partial charge is 0.300 e. The highest BCUT2D eigenvalue weighted by atomic mass is 32.2. The molecule has 2 nitrogen and oxygen atoms in total. The highest BCUT2D eigenvalue weighted by molar-refractivity contribution is 8.13. The maximum absolute atomic E-state index is 10.4. The van der Waals surface area contributed by atoms with Gasteiger partial charge in [0.2, 0.25) is 0 Å². The molecule has 0 rings (SSSR count). The Morgan fingerprint density at radius 3 is 2.62 bits per heavy atom. The van der Waals surface area contributed by atoms with Crippen LogP contribution in [0.4, 0.5) is 4.79 Å². The van der Waals surface area contributed by atoms with Gasteiger partial charge in [0.1, 0.15) is 0 Å². The molecule has 47 valence electrons. The molecule has 0 aromatic carbocycles. The standard InChI is InChI=1S/C5H10NOS/c1-3-6-5(7)8-4-2/h3-4H2,1-2H3. The van der Waals surface area contributed by atoms with Crippen molar-refractivity contribution in [2.75, 3.05) is 12.3 Å². The van der Waals surface area contributed by atoms with Crippen molar-refractivity contribution in [1.29, 1.82) is 0 Å². The van der Waals surface area contributed by atoms with E-state index in [-0.39, 0.29) is 5.24 Å². The fraction of sp³-hybridized carbons (Fsp3) is 0.800. The Morgan fingerprint density at radius 2 is 2.25 bits per heavy atom. The van der Waals surface area contributed by atoms with E-state index in [4.69, 9.17) is 0 Å². The van der Waals surface area contributed by atoms with E-state index < -0.39 is 0 Å². The van der Waals surface area contributed by atoms with Crippen LogP contribution in [0, 0.1) is 0 Å². The Labute approximate surface area is 54.0 Å². The second-order valence-corrected chi connectivity index (χ2v) is 2.39. The predicted molar refractivity (Wildman–Crippen MR) is 36.2 cm³/mol. The average Bonchev–Trinajstić information content (AvgIpc) is 1.68. The quantitative estimate of drug-likeness (QED) is 0.570. The van der Waals surface area contributed by atoms with Gasteiger partial charge >= 0.3 is 0 Å². The second-order valence-electron chi connectivity index (χ2n) is 1.17. The minimum atomic E-state index is -0.0463. The van der Waals surface area contributed by atoms with E-state index in [1.54, 1.807) is 0 Å². The molecule has 3 heteroatoms. The van der Waals surface area contributed by atoms with Gasteiger partial charge < -0.3 is 0 Å². The zero-order chi connectivity index (χ0) is 6.41. The lowest BCUT2D eigenvalue weighted by atomic mass is 10.8. The summed E-state index contributed by atoms with van der Waals surface area (Å²) in [5.41, 5.74) is 0. The molecule has 0 aromatic heterocycles. The number of carbonyl (C=O) groups excluding carboxylic acids is 1. The first-order valence-corrected chi connectivity index (χ1v) is 3.64. The fourth-order valence-corrected chi connectivity index (χ4v) is 0.766. The van der Waals surface area contributed by atoms with Gasteiger partial charge in [-0.05, 0) is 12.7 Å². The van der Waals surface area contributed by atoms with Crippen molar-refractivity contribution < 1.29 is 4.79 Å². The first-order chi connectivity index (χ1) is 3.81. The van der Waals surface area contributed by atoms with Gasteiger partial charge in [0, 0.05) is 6.54 Å². The van der Waals surface area contributed by atoms with Crippen LogP contribution in [0.25, 0.3) is 0 Å². The number of carbonyl (C=O) groups is 1. The fourth-order valence-electron chi connectivity index (χ4n) is 0.298. The van der Waals surface area contributed by atoms with Crippen molar-refractivity contribution >= 4 is 17.0 Å². The third-order valence-corrected chi connectivity index (χ3v) is 1.22.